The van der Waals surface area contributed by atoms with Crippen LogP contribution >= 0.6 is 34.5 Å². The number of carboxylic acids is 1. The van der Waals surface area contributed by atoms with E-state index in [-0.39, 0.29) is 12.0 Å². The summed E-state index contributed by atoms with van der Waals surface area (Å²) in [6.45, 7) is 1.70. The summed E-state index contributed by atoms with van der Waals surface area (Å²) in [6, 6.07) is 26.1. The molecule has 1 aliphatic rings. The fraction of sp³-hybridized carbons (Fsp3) is 0.194. The summed E-state index contributed by atoms with van der Waals surface area (Å²) in [5.41, 5.74) is 4.26. The Kier molecular flexibility index (Phi) is 7.61. The number of fused-ring (bicyclic) bond motifs is 1. The van der Waals surface area contributed by atoms with Crippen LogP contribution in [0.3, 0.4) is 0 Å². The Morgan fingerprint density at radius 2 is 1.50 bits per heavy atom. The topological polar surface area (TPSA) is 78.4 Å². The zero-order valence-electron chi connectivity index (χ0n) is 21.4. The maximum atomic E-state index is 11.3. The van der Waals surface area contributed by atoms with Gasteiger partial charge in [-0.05, 0) is 78.1 Å². The number of benzene rings is 3. The molecule has 2 N–H and O–H groups in total. The molecule has 5 aromatic rings. The predicted molar refractivity (Wildman–Crippen MR) is 164 cm³/mol. The standard InChI is InChI=1S/C31H26Cl2N4O2S/c32-22-6-1-19(2-7-22)29(20-3-8-23(33)9-4-20)21-5-10-26-25(17-21)30(35-18-34-26)36-24-13-15-37(16-14-24)28-12-11-27(40-28)31(38)39/h1-12,17-18,24,29H,13-16H2,(H,38,39)(H,34,35,36). The van der Waals surface area contributed by atoms with Crippen molar-refractivity contribution in [3.05, 3.63) is 117 Å². The van der Waals surface area contributed by atoms with Crippen LogP contribution in [0.4, 0.5) is 10.8 Å². The summed E-state index contributed by atoms with van der Waals surface area (Å²) in [7, 11) is 0. The lowest BCUT2D eigenvalue weighted by molar-refractivity contribution is 0.0702. The molecular formula is C31H26Cl2N4O2S. The van der Waals surface area contributed by atoms with Crippen molar-refractivity contribution < 1.29 is 9.90 Å². The number of carboxylic acid groups (broad SMARTS) is 1. The molecule has 1 saturated heterocycles. The summed E-state index contributed by atoms with van der Waals surface area (Å²) in [4.78, 5) is 23.1. The van der Waals surface area contributed by atoms with Gasteiger partial charge in [-0.15, -0.1) is 11.3 Å². The van der Waals surface area contributed by atoms with E-state index in [1.807, 2.05) is 30.3 Å². The Hall–Kier alpha value is -3.65. The molecule has 6 nitrogen and oxygen atoms in total. The Morgan fingerprint density at radius 3 is 2.10 bits per heavy atom. The average molecular weight is 590 g/mol. The summed E-state index contributed by atoms with van der Waals surface area (Å²) >= 11 is 13.7. The second kappa shape index (κ2) is 11.5. The third-order valence-electron chi connectivity index (χ3n) is 7.35. The highest BCUT2D eigenvalue weighted by Crippen LogP contribution is 2.36. The molecule has 0 saturated carbocycles. The van der Waals surface area contributed by atoms with Gasteiger partial charge in [-0.3, -0.25) is 0 Å². The number of thiophene rings is 1. The van der Waals surface area contributed by atoms with Crippen molar-refractivity contribution in [2.24, 2.45) is 0 Å². The number of nitrogens with zero attached hydrogens (tertiary/aromatic N) is 3. The van der Waals surface area contributed by atoms with Crippen LogP contribution in [0.25, 0.3) is 10.9 Å². The van der Waals surface area contributed by atoms with Crippen LogP contribution in [0.2, 0.25) is 10.0 Å². The predicted octanol–water partition coefficient (Wildman–Crippen LogP) is 7.96. The fourth-order valence-corrected chi connectivity index (χ4v) is 6.46. The van der Waals surface area contributed by atoms with Gasteiger partial charge in [-0.25, -0.2) is 14.8 Å². The number of hydrogen-bond donors (Lipinski definition) is 2. The minimum Gasteiger partial charge on any atom is -0.477 e. The lowest BCUT2D eigenvalue weighted by Crippen LogP contribution is -2.39. The Balaban J connectivity index is 1.27. The van der Waals surface area contributed by atoms with Gasteiger partial charge in [0.2, 0.25) is 0 Å². The first kappa shape index (κ1) is 26.6. The first-order valence-electron chi connectivity index (χ1n) is 13.0. The van der Waals surface area contributed by atoms with E-state index in [0.29, 0.717) is 14.9 Å². The molecule has 0 atom stereocenters. The maximum absolute atomic E-state index is 11.3. The number of anilines is 2. The smallest absolute Gasteiger partial charge is 0.345 e. The molecule has 0 spiro atoms. The summed E-state index contributed by atoms with van der Waals surface area (Å²) in [5, 5.41) is 16.3. The molecule has 1 aliphatic heterocycles. The largest absolute Gasteiger partial charge is 0.477 e. The Morgan fingerprint density at radius 1 is 0.875 bits per heavy atom. The van der Waals surface area contributed by atoms with Gasteiger partial charge in [0.25, 0.3) is 0 Å². The van der Waals surface area contributed by atoms with E-state index >= 15 is 0 Å². The van der Waals surface area contributed by atoms with Crippen molar-refractivity contribution in [2.75, 3.05) is 23.3 Å². The molecule has 2 aromatic heterocycles. The van der Waals surface area contributed by atoms with E-state index in [9.17, 15) is 9.90 Å². The van der Waals surface area contributed by atoms with Crippen molar-refractivity contribution in [3.8, 4) is 0 Å². The molecule has 0 bridgehead atoms. The van der Waals surface area contributed by atoms with Gasteiger partial charge in [-0.2, -0.15) is 0 Å². The van der Waals surface area contributed by atoms with Gasteiger partial charge in [0.15, 0.2) is 0 Å². The summed E-state index contributed by atoms with van der Waals surface area (Å²) in [6.07, 6.45) is 3.45. The molecule has 3 aromatic carbocycles. The number of halogens is 2. The van der Waals surface area contributed by atoms with Crippen molar-refractivity contribution in [3.63, 3.8) is 0 Å². The summed E-state index contributed by atoms with van der Waals surface area (Å²) in [5.74, 6) is -0.0746. The first-order valence-corrected chi connectivity index (χ1v) is 14.6. The van der Waals surface area contributed by atoms with Crippen molar-refractivity contribution in [1.29, 1.82) is 0 Å². The van der Waals surface area contributed by atoms with Crippen LogP contribution in [-0.4, -0.2) is 40.2 Å². The van der Waals surface area contributed by atoms with Crippen molar-refractivity contribution >= 4 is 62.2 Å². The van der Waals surface area contributed by atoms with Gasteiger partial charge in [0, 0.05) is 40.5 Å². The SMILES string of the molecule is O=C(O)c1ccc(N2CCC(Nc3ncnc4ccc(C(c5ccc(Cl)cc5)c5ccc(Cl)cc5)cc34)CC2)s1. The van der Waals surface area contributed by atoms with E-state index in [1.54, 1.807) is 12.4 Å². The average Bonchev–Trinajstić information content (AvgIpc) is 3.47. The summed E-state index contributed by atoms with van der Waals surface area (Å²) < 4.78 is 0. The van der Waals surface area contributed by atoms with Crippen LogP contribution in [0.15, 0.2) is 85.2 Å². The monoisotopic (exact) mass is 588 g/mol. The zero-order valence-corrected chi connectivity index (χ0v) is 23.8. The number of aromatic nitrogens is 2. The van der Waals surface area contributed by atoms with E-state index in [4.69, 9.17) is 23.2 Å². The highest BCUT2D eigenvalue weighted by Gasteiger charge is 2.23. The molecule has 3 heterocycles. The highest BCUT2D eigenvalue weighted by molar-refractivity contribution is 7.17. The molecule has 1 fully saturated rings. The lowest BCUT2D eigenvalue weighted by atomic mass is 9.84. The minimum atomic E-state index is -0.878. The maximum Gasteiger partial charge on any atom is 0.345 e. The van der Waals surface area contributed by atoms with E-state index in [2.05, 4.69) is 62.6 Å². The second-order valence-electron chi connectivity index (χ2n) is 9.88. The third-order valence-corrected chi connectivity index (χ3v) is 8.99. The fourth-order valence-electron chi connectivity index (χ4n) is 5.31. The molecule has 6 rings (SSSR count). The molecular weight excluding hydrogens is 563 g/mol. The van der Waals surface area contributed by atoms with E-state index in [1.165, 1.54) is 11.3 Å². The quantitative estimate of drug-likeness (QED) is 0.188. The number of rotatable bonds is 7. The number of nitrogens with one attached hydrogen (secondary N) is 1. The first-order chi connectivity index (χ1) is 19.4. The Bertz CT molecular complexity index is 1600. The van der Waals surface area contributed by atoms with Gasteiger partial charge in [0.1, 0.15) is 17.0 Å². The van der Waals surface area contributed by atoms with Gasteiger partial charge >= 0.3 is 5.97 Å². The molecule has 0 unspecified atom stereocenters. The molecule has 0 radical (unpaired) electrons. The van der Waals surface area contributed by atoms with Crippen LogP contribution in [0.5, 0.6) is 0 Å². The number of hydrogen-bond acceptors (Lipinski definition) is 6. The van der Waals surface area contributed by atoms with Crippen LogP contribution < -0.4 is 10.2 Å². The minimum absolute atomic E-state index is 0.0169. The normalized spacial score (nSPS) is 14.1. The third kappa shape index (κ3) is 5.63. The zero-order chi connectivity index (χ0) is 27.6. The van der Waals surface area contributed by atoms with Crippen molar-refractivity contribution in [2.45, 2.75) is 24.8 Å². The number of aromatic carboxylic acids is 1. The van der Waals surface area contributed by atoms with Crippen LogP contribution in [-0.2, 0) is 0 Å². The van der Waals surface area contributed by atoms with Gasteiger partial charge < -0.3 is 15.3 Å². The number of piperidine rings is 1. The van der Waals surface area contributed by atoms with Crippen molar-refractivity contribution in [1.82, 2.24) is 9.97 Å². The van der Waals surface area contributed by atoms with Crippen LogP contribution in [0.1, 0.15) is 45.1 Å². The number of carbonyl (C=O) groups is 1. The molecule has 40 heavy (non-hydrogen) atoms. The molecule has 9 heteroatoms. The van der Waals surface area contributed by atoms with Gasteiger partial charge in [-0.1, -0.05) is 53.5 Å². The second-order valence-corrected chi connectivity index (χ2v) is 11.8. The van der Waals surface area contributed by atoms with E-state index < -0.39 is 5.97 Å². The highest BCUT2D eigenvalue weighted by atomic mass is 35.5. The van der Waals surface area contributed by atoms with Gasteiger partial charge in [0.05, 0.1) is 10.5 Å². The lowest BCUT2D eigenvalue weighted by Gasteiger charge is -2.33. The molecule has 202 valence electrons. The molecule has 0 aliphatic carbocycles. The van der Waals surface area contributed by atoms with E-state index in [0.717, 1.165) is 64.3 Å². The Labute approximate surface area is 246 Å². The van der Waals surface area contributed by atoms with Crippen LogP contribution in [0, 0.1) is 0 Å². The molecule has 0 amide bonds.